The quantitative estimate of drug-likeness (QED) is 0.246. The molecule has 0 saturated carbocycles. The van der Waals surface area contributed by atoms with E-state index >= 15 is 0 Å². The molecule has 0 radical (unpaired) electrons. The van der Waals surface area contributed by atoms with Gasteiger partial charge in [0, 0.05) is 62.8 Å². The van der Waals surface area contributed by atoms with Crippen molar-refractivity contribution in [1.29, 1.82) is 0 Å². The molecule has 0 unspecified atom stereocenters. The summed E-state index contributed by atoms with van der Waals surface area (Å²) < 4.78 is 22.9. The van der Waals surface area contributed by atoms with E-state index in [1.54, 1.807) is 41.2 Å². The molecule has 44 heavy (non-hydrogen) atoms. The highest BCUT2D eigenvalue weighted by atomic mass is 19.1. The predicted molar refractivity (Wildman–Crippen MR) is 165 cm³/mol. The van der Waals surface area contributed by atoms with E-state index in [4.69, 9.17) is 4.74 Å². The Morgan fingerprint density at radius 2 is 1.80 bits per heavy atom. The molecule has 0 atom stereocenters. The minimum absolute atomic E-state index is 0.139. The van der Waals surface area contributed by atoms with Crippen molar-refractivity contribution in [3.05, 3.63) is 121 Å². The average molecular weight is 601 g/mol. The molecule has 1 aliphatic rings. The largest absolute Gasteiger partial charge is 0.383 e. The zero-order valence-electron chi connectivity index (χ0n) is 24.6. The molecule has 12 heteroatoms. The number of anilines is 1. The first kappa shape index (κ1) is 30.5. The highest BCUT2D eigenvalue weighted by Crippen LogP contribution is 2.26. The van der Waals surface area contributed by atoms with Crippen LogP contribution in [0.15, 0.2) is 86.4 Å². The summed E-state index contributed by atoms with van der Waals surface area (Å²) in [4.78, 5) is 62.8. The molecule has 228 valence electrons. The summed E-state index contributed by atoms with van der Waals surface area (Å²) in [6.45, 7) is 3.38. The minimum atomic E-state index is -0.452. The molecule has 0 bridgehead atoms. The number of fused-ring (bicyclic) bond motifs is 1. The Morgan fingerprint density at radius 1 is 1.00 bits per heavy atom. The number of rotatable bonds is 12. The number of carbonyl (C=O) groups is 1. The molecule has 5 rings (SSSR count). The van der Waals surface area contributed by atoms with Crippen LogP contribution >= 0.6 is 0 Å². The molecule has 4 aromatic rings. The molecule has 1 amide bonds. The highest BCUT2D eigenvalue weighted by Gasteiger charge is 2.26. The molecule has 1 aliphatic heterocycles. The lowest BCUT2D eigenvalue weighted by atomic mass is 10.1. The van der Waals surface area contributed by atoms with Gasteiger partial charge in [0.15, 0.2) is 0 Å². The number of aliphatic imine (C=N–C) groups is 1. The molecule has 0 fully saturated rings. The molecule has 3 aromatic heterocycles. The van der Waals surface area contributed by atoms with Gasteiger partial charge in [-0.25, -0.2) is 19.2 Å². The van der Waals surface area contributed by atoms with Crippen LogP contribution in [0, 0.1) is 5.82 Å². The molecular weight excluding hydrogens is 567 g/mol. The lowest BCUT2D eigenvalue weighted by Crippen LogP contribution is -2.42. The van der Waals surface area contributed by atoms with E-state index in [1.807, 2.05) is 6.92 Å². The zero-order chi connectivity index (χ0) is 31.2. The Balaban J connectivity index is 1.43. The van der Waals surface area contributed by atoms with Gasteiger partial charge in [-0.2, -0.15) is 0 Å². The lowest BCUT2D eigenvalue weighted by Gasteiger charge is -2.22. The smallest absolute Gasteiger partial charge is 0.332 e. The number of methoxy groups -OCH3 is 1. The van der Waals surface area contributed by atoms with Crippen molar-refractivity contribution in [2.24, 2.45) is 4.99 Å². The fourth-order valence-electron chi connectivity index (χ4n) is 5.16. The Morgan fingerprint density at radius 3 is 2.48 bits per heavy atom. The number of hydrogen-bond donors (Lipinski definition) is 0. The average Bonchev–Trinajstić information content (AvgIpc) is 3.48. The second-order valence-corrected chi connectivity index (χ2v) is 10.4. The van der Waals surface area contributed by atoms with Gasteiger partial charge in [-0.05, 0) is 55.3 Å². The van der Waals surface area contributed by atoms with Gasteiger partial charge in [-0.1, -0.05) is 13.0 Å². The van der Waals surface area contributed by atoms with Crippen molar-refractivity contribution < 1.29 is 13.9 Å². The summed E-state index contributed by atoms with van der Waals surface area (Å²) in [6.07, 6.45) is 4.65. The van der Waals surface area contributed by atoms with E-state index in [9.17, 15) is 23.6 Å². The first-order valence-corrected chi connectivity index (χ1v) is 14.4. The molecule has 4 heterocycles. The minimum Gasteiger partial charge on any atom is -0.383 e. The zero-order valence-corrected chi connectivity index (χ0v) is 24.6. The summed E-state index contributed by atoms with van der Waals surface area (Å²) >= 11 is 0. The van der Waals surface area contributed by atoms with Gasteiger partial charge in [-0.3, -0.25) is 28.4 Å². The van der Waals surface area contributed by atoms with Gasteiger partial charge >= 0.3 is 5.69 Å². The van der Waals surface area contributed by atoms with Crippen LogP contribution in [0.4, 0.5) is 16.0 Å². The van der Waals surface area contributed by atoms with E-state index in [-0.39, 0.29) is 43.1 Å². The van der Waals surface area contributed by atoms with E-state index in [0.29, 0.717) is 60.0 Å². The monoisotopic (exact) mass is 600 g/mol. The van der Waals surface area contributed by atoms with Crippen molar-refractivity contribution >= 4 is 23.3 Å². The third-order valence-electron chi connectivity index (χ3n) is 7.42. The maximum absolute atomic E-state index is 13.6. The van der Waals surface area contributed by atoms with Crippen LogP contribution in [0.3, 0.4) is 0 Å². The van der Waals surface area contributed by atoms with Crippen LogP contribution < -0.4 is 21.7 Å². The predicted octanol–water partition coefficient (Wildman–Crippen LogP) is 3.18. The van der Waals surface area contributed by atoms with Gasteiger partial charge in [-0.15, -0.1) is 0 Å². The normalized spacial score (nSPS) is 12.2. The Labute approximate surface area is 252 Å². The van der Waals surface area contributed by atoms with E-state index in [1.165, 1.54) is 51.5 Å². The number of ether oxygens (including phenoxy) is 1. The van der Waals surface area contributed by atoms with Crippen molar-refractivity contribution in [3.63, 3.8) is 0 Å². The summed E-state index contributed by atoms with van der Waals surface area (Å²) in [7, 11) is 1.51. The molecule has 0 aliphatic carbocycles. The van der Waals surface area contributed by atoms with Gasteiger partial charge in [0.05, 0.1) is 24.4 Å². The van der Waals surface area contributed by atoms with Crippen LogP contribution in [0.25, 0.3) is 0 Å². The number of nitrogens with zero attached hydrogens (tertiary/aromatic N) is 6. The fourth-order valence-corrected chi connectivity index (χ4v) is 5.16. The Hall–Kier alpha value is -4.97. The number of halogens is 1. The first-order chi connectivity index (χ1) is 21.3. The number of aryl methyl sites for hydroxylation is 1. The van der Waals surface area contributed by atoms with Gasteiger partial charge in [0.1, 0.15) is 17.5 Å². The number of carbonyl (C=O) groups excluding carboxylic acids is 1. The third-order valence-corrected chi connectivity index (χ3v) is 7.42. The van der Waals surface area contributed by atoms with Crippen molar-refractivity contribution in [2.75, 3.05) is 25.2 Å². The standard InChI is InChI=1S/C32H33FN6O5/c1-3-14-38-29-25(31(42)39(32(38)43)18-19-44-2)20-26(35-29)23-10-13-27(34-21-23)37(30(41)22-8-11-24(33)12-9-22)17-6-16-36-15-5-4-7-28(36)40/h4-5,7-13,15,21H,3,6,14,16-20H2,1-2H3. The SMILES string of the molecule is CCCn1c2c(c(=O)n(CCOC)c1=O)CC(c1ccc(N(CCCn3ccccc3=O)C(=O)c3ccc(F)cc3)nc1)=N2. The topological polar surface area (TPSA) is 121 Å². The van der Waals surface area contributed by atoms with Crippen molar-refractivity contribution in [3.8, 4) is 0 Å². The molecule has 0 saturated heterocycles. The van der Waals surface area contributed by atoms with Gasteiger partial charge < -0.3 is 9.30 Å². The van der Waals surface area contributed by atoms with Crippen LogP contribution in [-0.2, 0) is 30.8 Å². The summed E-state index contributed by atoms with van der Waals surface area (Å²) in [5.74, 6) is -0.0908. The Bertz CT molecular complexity index is 1860. The van der Waals surface area contributed by atoms with Crippen LogP contribution in [0.2, 0.25) is 0 Å². The van der Waals surface area contributed by atoms with E-state index < -0.39 is 11.5 Å². The number of aromatic nitrogens is 4. The summed E-state index contributed by atoms with van der Waals surface area (Å²) in [6, 6.07) is 13.7. The second-order valence-electron chi connectivity index (χ2n) is 10.4. The number of pyridine rings is 2. The van der Waals surface area contributed by atoms with Gasteiger partial charge in [0.2, 0.25) is 5.56 Å². The van der Waals surface area contributed by atoms with Crippen LogP contribution in [-0.4, -0.2) is 50.6 Å². The maximum Gasteiger partial charge on any atom is 0.332 e. The summed E-state index contributed by atoms with van der Waals surface area (Å²) in [5, 5.41) is 0. The lowest BCUT2D eigenvalue weighted by molar-refractivity contribution is 0.0985. The Kier molecular flexibility index (Phi) is 9.39. The second kappa shape index (κ2) is 13.6. The van der Waals surface area contributed by atoms with E-state index in [2.05, 4.69) is 9.98 Å². The van der Waals surface area contributed by atoms with Crippen LogP contribution in [0.5, 0.6) is 0 Å². The van der Waals surface area contributed by atoms with E-state index in [0.717, 1.165) is 0 Å². The number of amides is 1. The molecule has 0 spiro atoms. The number of benzene rings is 1. The van der Waals surface area contributed by atoms with Crippen molar-refractivity contribution in [2.45, 2.75) is 45.8 Å². The van der Waals surface area contributed by atoms with Gasteiger partial charge in [0.25, 0.3) is 11.5 Å². The van der Waals surface area contributed by atoms with Crippen LogP contribution in [0.1, 0.15) is 41.3 Å². The first-order valence-electron chi connectivity index (χ1n) is 14.4. The highest BCUT2D eigenvalue weighted by molar-refractivity contribution is 6.07. The third kappa shape index (κ3) is 6.35. The number of hydrogen-bond acceptors (Lipinski definition) is 7. The van der Waals surface area contributed by atoms with Crippen molar-refractivity contribution in [1.82, 2.24) is 18.7 Å². The molecule has 11 nitrogen and oxygen atoms in total. The molecule has 1 aromatic carbocycles. The fraction of sp³-hybridized carbons (Fsp3) is 0.312. The summed E-state index contributed by atoms with van der Waals surface area (Å²) in [5.41, 5.74) is 1.03. The molecule has 0 N–H and O–H groups in total. The molecular formula is C32H33FN6O5. The maximum atomic E-state index is 13.6.